The summed E-state index contributed by atoms with van der Waals surface area (Å²) in [6.45, 7) is 2.98. The molecule has 0 bridgehead atoms. The fourth-order valence-corrected chi connectivity index (χ4v) is 0.352. The molecule has 0 aromatic carbocycles. The van der Waals surface area contributed by atoms with Crippen LogP contribution in [0.25, 0.3) is 0 Å². The normalized spacial score (nSPS) is 7.78. The number of carbonyl (C=O) groups excluding carboxylic acids is 2. The molecule has 2 nitrogen and oxygen atoms in total. The van der Waals surface area contributed by atoms with Crippen LogP contribution in [0.1, 0.15) is 26.7 Å². The summed E-state index contributed by atoms with van der Waals surface area (Å²) in [6.07, 6.45) is 0.796. The zero-order chi connectivity index (χ0) is 6.57. The first-order valence-corrected chi connectivity index (χ1v) is 2.62. The second-order valence-electron chi connectivity index (χ2n) is 1.90. The van der Waals surface area contributed by atoms with Crippen LogP contribution in [0.2, 0.25) is 0 Å². The average Bonchev–Trinajstić information content (AvgIpc) is 1.61. The van der Waals surface area contributed by atoms with Crippen LogP contribution >= 0.6 is 0 Å². The molecule has 0 aromatic rings. The van der Waals surface area contributed by atoms with E-state index in [4.69, 9.17) is 0 Å². The molecule has 0 N–H and O–H groups in total. The minimum Gasteiger partial charge on any atom is -0.300 e. The molecule has 0 radical (unpaired) electrons. The van der Waals surface area contributed by atoms with Crippen molar-refractivity contribution < 1.29 is 26.7 Å². The van der Waals surface area contributed by atoms with E-state index in [1.807, 2.05) is 0 Å². The molecular formula is C6H10CuO2+. The molecule has 0 unspecified atom stereocenters. The summed E-state index contributed by atoms with van der Waals surface area (Å²) in [5, 5.41) is 0. The van der Waals surface area contributed by atoms with E-state index in [2.05, 4.69) is 0 Å². The van der Waals surface area contributed by atoms with Crippen LogP contribution in [0.15, 0.2) is 0 Å². The van der Waals surface area contributed by atoms with Gasteiger partial charge in [-0.2, -0.15) is 0 Å². The zero-order valence-electron chi connectivity index (χ0n) is 5.53. The quantitative estimate of drug-likeness (QED) is 0.602. The minimum absolute atomic E-state index is 0. The molecule has 3 heteroatoms. The minimum atomic E-state index is 0. The molecular weight excluding hydrogens is 168 g/mol. The monoisotopic (exact) mass is 177 g/mol. The van der Waals surface area contributed by atoms with Gasteiger partial charge in [0.25, 0.3) is 0 Å². The van der Waals surface area contributed by atoms with Gasteiger partial charge in [0.15, 0.2) is 0 Å². The Bertz CT molecular complexity index is 95.6. The molecule has 0 aliphatic heterocycles. The van der Waals surface area contributed by atoms with Gasteiger partial charge in [0.05, 0.1) is 0 Å². The number of hydrogen-bond donors (Lipinski definition) is 0. The molecule has 0 amide bonds. The SMILES string of the molecule is CC(=O)CCC(C)=O.[Cu+]. The van der Waals surface area contributed by atoms with Crippen LogP contribution in [-0.4, -0.2) is 11.6 Å². The van der Waals surface area contributed by atoms with Gasteiger partial charge in [-0.3, -0.25) is 0 Å². The van der Waals surface area contributed by atoms with Gasteiger partial charge in [0, 0.05) is 12.8 Å². The molecule has 0 aliphatic carbocycles. The van der Waals surface area contributed by atoms with Gasteiger partial charge in [-0.25, -0.2) is 0 Å². The van der Waals surface area contributed by atoms with Crippen molar-refractivity contribution in [3.63, 3.8) is 0 Å². The summed E-state index contributed by atoms with van der Waals surface area (Å²) >= 11 is 0. The molecule has 0 fully saturated rings. The van der Waals surface area contributed by atoms with Crippen molar-refractivity contribution in [2.24, 2.45) is 0 Å². The first-order chi connectivity index (χ1) is 3.63. The van der Waals surface area contributed by atoms with Gasteiger partial charge < -0.3 is 9.59 Å². The maximum Gasteiger partial charge on any atom is 1.00 e. The summed E-state index contributed by atoms with van der Waals surface area (Å²) in [7, 11) is 0. The number of carbonyl (C=O) groups is 2. The van der Waals surface area contributed by atoms with E-state index in [1.165, 1.54) is 13.8 Å². The third-order valence-electron chi connectivity index (χ3n) is 0.829. The van der Waals surface area contributed by atoms with Gasteiger partial charge in [0.1, 0.15) is 11.6 Å². The molecule has 0 spiro atoms. The fourth-order valence-electron chi connectivity index (χ4n) is 0.352. The van der Waals surface area contributed by atoms with Crippen LogP contribution in [-0.2, 0) is 26.7 Å². The molecule has 0 aliphatic rings. The van der Waals surface area contributed by atoms with Crippen molar-refractivity contribution in [3.8, 4) is 0 Å². The largest absolute Gasteiger partial charge is 1.00 e. The fraction of sp³-hybridized carbons (Fsp3) is 0.667. The van der Waals surface area contributed by atoms with E-state index in [0.717, 1.165) is 0 Å². The zero-order valence-corrected chi connectivity index (χ0v) is 6.47. The molecule has 0 atom stereocenters. The van der Waals surface area contributed by atoms with E-state index in [1.54, 1.807) is 0 Å². The Balaban J connectivity index is 0. The summed E-state index contributed by atoms with van der Waals surface area (Å²) in [6, 6.07) is 0. The first-order valence-electron chi connectivity index (χ1n) is 2.62. The summed E-state index contributed by atoms with van der Waals surface area (Å²) < 4.78 is 0. The van der Waals surface area contributed by atoms with Gasteiger partial charge in [-0.15, -0.1) is 0 Å². The van der Waals surface area contributed by atoms with Gasteiger partial charge in [-0.05, 0) is 13.8 Å². The summed E-state index contributed by atoms with van der Waals surface area (Å²) in [5.41, 5.74) is 0. The van der Waals surface area contributed by atoms with E-state index in [9.17, 15) is 9.59 Å². The Labute approximate surface area is 65.5 Å². The smallest absolute Gasteiger partial charge is 0.300 e. The number of ketones is 2. The maximum absolute atomic E-state index is 10.2. The van der Waals surface area contributed by atoms with Crippen molar-refractivity contribution in [2.45, 2.75) is 26.7 Å². The predicted octanol–water partition coefficient (Wildman–Crippen LogP) is 0.942. The Morgan fingerprint density at radius 1 is 1.00 bits per heavy atom. The molecule has 0 saturated heterocycles. The topological polar surface area (TPSA) is 34.1 Å². The predicted molar refractivity (Wildman–Crippen MR) is 30.6 cm³/mol. The average molecular weight is 178 g/mol. The van der Waals surface area contributed by atoms with E-state index < -0.39 is 0 Å². The van der Waals surface area contributed by atoms with Crippen LogP contribution < -0.4 is 0 Å². The van der Waals surface area contributed by atoms with Crippen molar-refractivity contribution in [3.05, 3.63) is 0 Å². The Hall–Kier alpha value is -0.141. The van der Waals surface area contributed by atoms with Gasteiger partial charge in [0.2, 0.25) is 0 Å². The van der Waals surface area contributed by atoms with Crippen LogP contribution in [0.5, 0.6) is 0 Å². The van der Waals surface area contributed by atoms with Crippen molar-refractivity contribution in [1.29, 1.82) is 0 Å². The Kier molecular flexibility index (Phi) is 7.74. The van der Waals surface area contributed by atoms with Crippen molar-refractivity contribution >= 4 is 11.6 Å². The van der Waals surface area contributed by atoms with E-state index >= 15 is 0 Å². The van der Waals surface area contributed by atoms with Gasteiger partial charge >= 0.3 is 17.1 Å². The summed E-state index contributed by atoms with van der Waals surface area (Å²) in [5.74, 6) is 0.167. The summed E-state index contributed by atoms with van der Waals surface area (Å²) in [4.78, 5) is 20.4. The van der Waals surface area contributed by atoms with Crippen LogP contribution in [0.3, 0.4) is 0 Å². The Morgan fingerprint density at radius 2 is 1.22 bits per heavy atom. The molecule has 0 aromatic heterocycles. The molecule has 0 saturated carbocycles. The molecule has 0 heterocycles. The second kappa shape index (κ2) is 5.99. The van der Waals surface area contributed by atoms with Gasteiger partial charge in [-0.1, -0.05) is 0 Å². The number of hydrogen-bond acceptors (Lipinski definition) is 2. The second-order valence-corrected chi connectivity index (χ2v) is 1.90. The van der Waals surface area contributed by atoms with Crippen molar-refractivity contribution in [2.75, 3.05) is 0 Å². The maximum atomic E-state index is 10.2. The third kappa shape index (κ3) is 11.4. The van der Waals surface area contributed by atoms with Crippen molar-refractivity contribution in [1.82, 2.24) is 0 Å². The van der Waals surface area contributed by atoms with Crippen LogP contribution in [0, 0.1) is 0 Å². The number of rotatable bonds is 3. The van der Waals surface area contributed by atoms with E-state index in [0.29, 0.717) is 12.8 Å². The third-order valence-corrected chi connectivity index (χ3v) is 0.829. The molecule has 0 rings (SSSR count). The first kappa shape index (κ1) is 11.6. The van der Waals surface area contributed by atoms with E-state index in [-0.39, 0.29) is 28.6 Å². The molecule has 9 heavy (non-hydrogen) atoms. The van der Waals surface area contributed by atoms with Crippen LogP contribution in [0.4, 0.5) is 0 Å². The Morgan fingerprint density at radius 3 is 1.33 bits per heavy atom. The molecule has 56 valence electrons. The standard InChI is InChI=1S/C6H10O2.Cu/c1-5(7)3-4-6(2)8;/h3-4H2,1-2H3;/q;+1. The number of Topliss-reactive ketones (excluding diaryl/α,β-unsaturated/α-hetero) is 2.